The van der Waals surface area contributed by atoms with Gasteiger partial charge in [0.2, 0.25) is 0 Å². The van der Waals surface area contributed by atoms with Crippen LogP contribution in [0.15, 0.2) is 0 Å². The quantitative estimate of drug-likeness (QED) is 0.762. The van der Waals surface area contributed by atoms with Gasteiger partial charge < -0.3 is 20.1 Å². The summed E-state index contributed by atoms with van der Waals surface area (Å²) < 4.78 is 11.1. The van der Waals surface area contributed by atoms with Gasteiger partial charge in [-0.25, -0.2) is 0 Å². The molecular weight excluding hydrogens is 204 g/mol. The second kappa shape index (κ2) is 5.96. The van der Waals surface area contributed by atoms with Gasteiger partial charge in [0.05, 0.1) is 12.7 Å². The van der Waals surface area contributed by atoms with E-state index < -0.39 is 0 Å². The Morgan fingerprint density at radius 1 is 1.31 bits per heavy atom. The Labute approximate surface area is 98.1 Å². The Hall–Kier alpha value is -0.160. The van der Waals surface area contributed by atoms with Gasteiger partial charge in [0.25, 0.3) is 0 Å². The van der Waals surface area contributed by atoms with Gasteiger partial charge >= 0.3 is 0 Å². The van der Waals surface area contributed by atoms with Crippen LogP contribution in [-0.4, -0.2) is 57.0 Å². The minimum Gasteiger partial charge on any atom is -0.381 e. The van der Waals surface area contributed by atoms with Crippen molar-refractivity contribution in [1.82, 2.24) is 4.90 Å². The molecule has 2 saturated heterocycles. The van der Waals surface area contributed by atoms with Gasteiger partial charge in [0, 0.05) is 32.3 Å². The van der Waals surface area contributed by atoms with Crippen LogP contribution < -0.4 is 5.73 Å². The average Bonchev–Trinajstić information content (AvgIpc) is 2.30. The van der Waals surface area contributed by atoms with Crippen LogP contribution in [0.4, 0.5) is 0 Å². The highest BCUT2D eigenvalue weighted by molar-refractivity contribution is 4.82. The number of hydrogen-bond acceptors (Lipinski definition) is 4. The predicted octanol–water partition coefficient (Wildman–Crippen LogP) is 0.461. The normalized spacial score (nSPS) is 31.5. The second-order valence-electron chi connectivity index (χ2n) is 5.13. The number of likely N-dealkylation sites (N-methyl/N-ethyl adjacent to an activating group) is 1. The summed E-state index contributed by atoms with van der Waals surface area (Å²) in [6, 6.07) is 0.186. The van der Waals surface area contributed by atoms with Gasteiger partial charge in [-0.3, -0.25) is 0 Å². The summed E-state index contributed by atoms with van der Waals surface area (Å²) in [7, 11) is 2.14. The maximum atomic E-state index is 6.25. The van der Waals surface area contributed by atoms with E-state index in [1.165, 1.54) is 0 Å². The fourth-order valence-electron chi connectivity index (χ4n) is 2.59. The molecule has 0 aromatic carbocycles. The van der Waals surface area contributed by atoms with E-state index in [1.807, 2.05) is 0 Å². The number of ether oxygens (including phenoxy) is 2. The zero-order chi connectivity index (χ0) is 11.4. The van der Waals surface area contributed by atoms with Crippen LogP contribution in [-0.2, 0) is 9.47 Å². The van der Waals surface area contributed by atoms with Crippen molar-refractivity contribution in [1.29, 1.82) is 0 Å². The van der Waals surface area contributed by atoms with Gasteiger partial charge in [0.15, 0.2) is 0 Å². The third-order valence-corrected chi connectivity index (χ3v) is 3.72. The number of rotatable bonds is 3. The molecule has 2 aliphatic rings. The van der Waals surface area contributed by atoms with Crippen LogP contribution in [0.2, 0.25) is 0 Å². The van der Waals surface area contributed by atoms with Crippen molar-refractivity contribution >= 4 is 0 Å². The third kappa shape index (κ3) is 3.42. The molecule has 16 heavy (non-hydrogen) atoms. The highest BCUT2D eigenvalue weighted by atomic mass is 16.5. The number of nitrogens with two attached hydrogens (primary N) is 1. The standard InChI is InChI=1S/C12H24N2O2/c1-14-4-7-16-12(9-14)11(13)8-10-2-5-15-6-3-10/h10-12H,2-9,13H2,1H3. The molecular formula is C12H24N2O2. The fourth-order valence-corrected chi connectivity index (χ4v) is 2.59. The topological polar surface area (TPSA) is 47.7 Å². The summed E-state index contributed by atoms with van der Waals surface area (Å²) in [5.74, 6) is 0.736. The lowest BCUT2D eigenvalue weighted by Gasteiger charge is -2.35. The molecule has 0 spiro atoms. The molecule has 2 heterocycles. The molecule has 2 rings (SSSR count). The average molecular weight is 228 g/mol. The first-order valence-corrected chi connectivity index (χ1v) is 6.39. The lowest BCUT2D eigenvalue weighted by Crippen LogP contribution is -2.50. The molecule has 94 valence electrons. The van der Waals surface area contributed by atoms with Crippen LogP contribution in [0.5, 0.6) is 0 Å². The second-order valence-corrected chi connectivity index (χ2v) is 5.13. The molecule has 2 unspecified atom stereocenters. The number of nitrogens with zero attached hydrogens (tertiary/aromatic N) is 1. The fraction of sp³-hybridized carbons (Fsp3) is 1.00. The lowest BCUT2D eigenvalue weighted by atomic mass is 9.90. The maximum Gasteiger partial charge on any atom is 0.0853 e. The van der Waals surface area contributed by atoms with E-state index in [9.17, 15) is 0 Å². The van der Waals surface area contributed by atoms with E-state index in [-0.39, 0.29) is 12.1 Å². The van der Waals surface area contributed by atoms with Gasteiger partial charge in [-0.15, -0.1) is 0 Å². The van der Waals surface area contributed by atoms with E-state index in [2.05, 4.69) is 11.9 Å². The maximum absolute atomic E-state index is 6.25. The van der Waals surface area contributed by atoms with Crippen molar-refractivity contribution < 1.29 is 9.47 Å². The monoisotopic (exact) mass is 228 g/mol. The van der Waals surface area contributed by atoms with E-state index in [1.54, 1.807) is 0 Å². The molecule has 2 N–H and O–H groups in total. The lowest BCUT2D eigenvalue weighted by molar-refractivity contribution is -0.0388. The van der Waals surface area contributed by atoms with Crippen molar-refractivity contribution in [2.45, 2.75) is 31.4 Å². The van der Waals surface area contributed by atoms with Crippen molar-refractivity contribution in [3.63, 3.8) is 0 Å². The SMILES string of the molecule is CN1CCOC(C(N)CC2CCOCC2)C1. The van der Waals surface area contributed by atoms with Gasteiger partial charge in [0.1, 0.15) is 0 Å². The molecule has 4 heteroatoms. The van der Waals surface area contributed by atoms with Crippen molar-refractivity contribution in [2.24, 2.45) is 11.7 Å². The Bertz CT molecular complexity index is 207. The molecule has 2 aliphatic heterocycles. The molecule has 2 fully saturated rings. The summed E-state index contributed by atoms with van der Waals surface area (Å²) >= 11 is 0. The molecule has 0 amide bonds. The highest BCUT2D eigenvalue weighted by Gasteiger charge is 2.27. The summed E-state index contributed by atoms with van der Waals surface area (Å²) in [5, 5.41) is 0. The summed E-state index contributed by atoms with van der Waals surface area (Å²) in [5.41, 5.74) is 6.25. The Morgan fingerprint density at radius 2 is 2.06 bits per heavy atom. The molecule has 0 radical (unpaired) electrons. The highest BCUT2D eigenvalue weighted by Crippen LogP contribution is 2.22. The van der Waals surface area contributed by atoms with Gasteiger partial charge in [-0.1, -0.05) is 0 Å². The molecule has 4 nitrogen and oxygen atoms in total. The van der Waals surface area contributed by atoms with Crippen molar-refractivity contribution in [3.05, 3.63) is 0 Å². The summed E-state index contributed by atoms with van der Waals surface area (Å²) in [6.45, 7) is 4.64. The van der Waals surface area contributed by atoms with Crippen LogP contribution in [0.1, 0.15) is 19.3 Å². The Kier molecular flexibility index (Phi) is 4.58. The number of morpholine rings is 1. The zero-order valence-electron chi connectivity index (χ0n) is 10.2. The Balaban J connectivity index is 1.75. The van der Waals surface area contributed by atoms with E-state index in [0.29, 0.717) is 0 Å². The molecule has 2 atom stereocenters. The van der Waals surface area contributed by atoms with Gasteiger partial charge in [-0.05, 0) is 32.2 Å². The summed E-state index contributed by atoms with van der Waals surface area (Å²) in [6.07, 6.45) is 3.63. The minimum absolute atomic E-state index is 0.186. The largest absolute Gasteiger partial charge is 0.381 e. The van der Waals surface area contributed by atoms with E-state index in [4.69, 9.17) is 15.2 Å². The van der Waals surface area contributed by atoms with E-state index >= 15 is 0 Å². The van der Waals surface area contributed by atoms with Crippen LogP contribution >= 0.6 is 0 Å². The van der Waals surface area contributed by atoms with E-state index in [0.717, 1.165) is 58.1 Å². The first kappa shape index (κ1) is 12.3. The molecule has 0 saturated carbocycles. The zero-order valence-corrected chi connectivity index (χ0v) is 10.2. The van der Waals surface area contributed by atoms with Crippen LogP contribution in [0.3, 0.4) is 0 Å². The number of hydrogen-bond donors (Lipinski definition) is 1. The van der Waals surface area contributed by atoms with Crippen LogP contribution in [0.25, 0.3) is 0 Å². The van der Waals surface area contributed by atoms with Crippen molar-refractivity contribution in [3.8, 4) is 0 Å². The van der Waals surface area contributed by atoms with Gasteiger partial charge in [-0.2, -0.15) is 0 Å². The smallest absolute Gasteiger partial charge is 0.0853 e. The van der Waals surface area contributed by atoms with Crippen LogP contribution in [0, 0.1) is 5.92 Å². The predicted molar refractivity (Wildman–Crippen MR) is 63.4 cm³/mol. The molecule has 0 aromatic heterocycles. The molecule has 0 aliphatic carbocycles. The first-order valence-electron chi connectivity index (χ1n) is 6.39. The first-order chi connectivity index (χ1) is 7.75. The summed E-state index contributed by atoms with van der Waals surface area (Å²) in [4.78, 5) is 2.30. The molecule has 0 aromatic rings. The Morgan fingerprint density at radius 3 is 2.75 bits per heavy atom. The molecule has 0 bridgehead atoms. The van der Waals surface area contributed by atoms with Crippen molar-refractivity contribution in [2.75, 3.05) is 40.0 Å². The minimum atomic E-state index is 0.186. The third-order valence-electron chi connectivity index (χ3n) is 3.72.